The second-order valence-electron chi connectivity index (χ2n) is 6.49. The number of carboxylic acid groups (broad SMARTS) is 1. The number of carboxylic acids is 1. The van der Waals surface area contributed by atoms with Crippen LogP contribution in [-0.2, 0) is 4.79 Å². The van der Waals surface area contributed by atoms with Crippen LogP contribution < -0.4 is 5.32 Å². The average molecular weight is 253 g/mol. The van der Waals surface area contributed by atoms with Crippen molar-refractivity contribution in [2.75, 3.05) is 6.54 Å². The summed E-state index contributed by atoms with van der Waals surface area (Å²) in [4.78, 5) is 11.5. The first-order valence-corrected chi connectivity index (χ1v) is 7.37. The standard InChI is InChI=1S/C14H28BNO2/c1-4-5-6-14(15,13(17)18)11-7-12(8-11)16-9-10(2)3/h10-12,16H,4-9,15H2,1-3H3,(H,17,18). The zero-order valence-corrected chi connectivity index (χ0v) is 12.3. The van der Waals surface area contributed by atoms with Crippen LogP contribution in [0.1, 0.15) is 52.9 Å². The Bertz CT molecular complexity index is 277. The zero-order valence-electron chi connectivity index (χ0n) is 12.3. The highest BCUT2D eigenvalue weighted by Crippen LogP contribution is 2.48. The molecule has 0 bridgehead atoms. The van der Waals surface area contributed by atoms with Crippen LogP contribution in [0.2, 0.25) is 5.31 Å². The van der Waals surface area contributed by atoms with Crippen LogP contribution in [0, 0.1) is 11.8 Å². The highest BCUT2D eigenvalue weighted by molar-refractivity contribution is 6.27. The maximum absolute atomic E-state index is 11.5. The highest BCUT2D eigenvalue weighted by Gasteiger charge is 2.46. The minimum atomic E-state index is -0.608. The van der Waals surface area contributed by atoms with Crippen LogP contribution in [0.4, 0.5) is 0 Å². The van der Waals surface area contributed by atoms with Crippen LogP contribution in [0.25, 0.3) is 0 Å². The Morgan fingerprint density at radius 1 is 1.50 bits per heavy atom. The molecule has 0 aromatic heterocycles. The van der Waals surface area contributed by atoms with Crippen molar-refractivity contribution in [2.24, 2.45) is 11.8 Å². The molecule has 0 spiro atoms. The van der Waals surface area contributed by atoms with E-state index in [2.05, 4.69) is 26.1 Å². The lowest BCUT2D eigenvalue weighted by Crippen LogP contribution is -2.49. The first-order valence-electron chi connectivity index (χ1n) is 7.37. The van der Waals surface area contributed by atoms with Crippen molar-refractivity contribution in [3.63, 3.8) is 0 Å². The fourth-order valence-electron chi connectivity index (χ4n) is 2.74. The molecule has 1 unspecified atom stereocenters. The fourth-order valence-corrected chi connectivity index (χ4v) is 2.74. The van der Waals surface area contributed by atoms with Gasteiger partial charge in [0.15, 0.2) is 0 Å². The molecular formula is C14H28BNO2. The van der Waals surface area contributed by atoms with E-state index in [9.17, 15) is 9.90 Å². The van der Waals surface area contributed by atoms with E-state index < -0.39 is 11.3 Å². The van der Waals surface area contributed by atoms with E-state index in [4.69, 9.17) is 0 Å². The lowest BCUT2D eigenvalue weighted by atomic mass is 9.51. The molecule has 2 N–H and O–H groups in total. The van der Waals surface area contributed by atoms with Gasteiger partial charge in [-0.3, -0.25) is 4.79 Å². The van der Waals surface area contributed by atoms with Crippen molar-refractivity contribution in [1.29, 1.82) is 0 Å². The van der Waals surface area contributed by atoms with Gasteiger partial charge in [-0.2, -0.15) is 0 Å². The van der Waals surface area contributed by atoms with Gasteiger partial charge >= 0.3 is 5.97 Å². The molecule has 0 radical (unpaired) electrons. The van der Waals surface area contributed by atoms with Crippen molar-refractivity contribution >= 4 is 13.8 Å². The monoisotopic (exact) mass is 253 g/mol. The second kappa shape index (κ2) is 6.60. The number of aliphatic carboxylic acids is 1. The predicted molar refractivity (Wildman–Crippen MR) is 77.8 cm³/mol. The van der Waals surface area contributed by atoms with Gasteiger partial charge in [-0.1, -0.05) is 33.6 Å². The molecule has 1 atom stereocenters. The minimum Gasteiger partial charge on any atom is -0.481 e. The highest BCUT2D eigenvalue weighted by atomic mass is 16.4. The Morgan fingerprint density at radius 2 is 2.11 bits per heavy atom. The van der Waals surface area contributed by atoms with Gasteiger partial charge in [-0.05, 0) is 37.6 Å². The van der Waals surface area contributed by atoms with Crippen molar-refractivity contribution in [3.8, 4) is 0 Å². The number of unbranched alkanes of at least 4 members (excludes halogenated alkanes) is 1. The molecule has 1 aliphatic rings. The molecule has 0 aromatic carbocycles. The lowest BCUT2D eigenvalue weighted by molar-refractivity contribution is -0.144. The summed E-state index contributed by atoms with van der Waals surface area (Å²) < 4.78 is 0. The quantitative estimate of drug-likeness (QED) is 0.651. The van der Waals surface area contributed by atoms with E-state index in [0.29, 0.717) is 17.9 Å². The van der Waals surface area contributed by atoms with Crippen LogP contribution in [0.3, 0.4) is 0 Å². The minimum absolute atomic E-state index is 0.353. The Kier molecular flexibility index (Phi) is 5.70. The molecule has 18 heavy (non-hydrogen) atoms. The first kappa shape index (κ1) is 15.6. The third-order valence-electron chi connectivity index (χ3n) is 4.39. The van der Waals surface area contributed by atoms with Crippen molar-refractivity contribution < 1.29 is 9.90 Å². The topological polar surface area (TPSA) is 49.3 Å². The van der Waals surface area contributed by atoms with Gasteiger partial charge in [0.25, 0.3) is 0 Å². The number of hydrogen-bond acceptors (Lipinski definition) is 2. The predicted octanol–water partition coefficient (Wildman–Crippen LogP) is 2.08. The molecule has 3 nitrogen and oxygen atoms in total. The molecule has 0 aliphatic heterocycles. The summed E-state index contributed by atoms with van der Waals surface area (Å²) in [7, 11) is 1.94. The van der Waals surface area contributed by atoms with E-state index in [0.717, 1.165) is 38.6 Å². The normalized spacial score (nSPS) is 26.7. The fraction of sp³-hybridized carbons (Fsp3) is 0.929. The van der Waals surface area contributed by atoms with Crippen LogP contribution >= 0.6 is 0 Å². The second-order valence-corrected chi connectivity index (χ2v) is 6.49. The van der Waals surface area contributed by atoms with Crippen molar-refractivity contribution in [1.82, 2.24) is 5.32 Å². The van der Waals surface area contributed by atoms with Crippen LogP contribution in [-0.4, -0.2) is 31.5 Å². The summed E-state index contributed by atoms with van der Waals surface area (Å²) in [6.07, 6.45) is 4.97. The Morgan fingerprint density at radius 3 is 2.56 bits per heavy atom. The molecule has 1 fully saturated rings. The first-order chi connectivity index (χ1) is 8.40. The van der Waals surface area contributed by atoms with E-state index in [-0.39, 0.29) is 0 Å². The molecule has 4 heteroatoms. The summed E-state index contributed by atoms with van der Waals surface area (Å²) in [5.41, 5.74) is 0. The molecule has 1 aliphatic carbocycles. The Balaban J connectivity index is 2.42. The largest absolute Gasteiger partial charge is 0.481 e. The number of hydrogen-bond donors (Lipinski definition) is 2. The lowest BCUT2D eigenvalue weighted by Gasteiger charge is -2.45. The Labute approximate surface area is 112 Å². The molecule has 0 aromatic rings. The van der Waals surface area contributed by atoms with Gasteiger partial charge in [-0.15, -0.1) is 0 Å². The third kappa shape index (κ3) is 3.74. The maximum Gasteiger partial charge on any atom is 0.301 e. The summed E-state index contributed by atoms with van der Waals surface area (Å²) in [5, 5.41) is 12.5. The number of rotatable bonds is 8. The summed E-state index contributed by atoms with van der Waals surface area (Å²) in [6, 6.07) is 0.540. The van der Waals surface area contributed by atoms with Gasteiger partial charge < -0.3 is 10.4 Å². The van der Waals surface area contributed by atoms with Gasteiger partial charge in [0.05, 0.1) is 0 Å². The van der Waals surface area contributed by atoms with Crippen molar-refractivity contribution in [2.45, 2.75) is 64.2 Å². The zero-order chi connectivity index (χ0) is 13.8. The summed E-state index contributed by atoms with van der Waals surface area (Å²) in [6.45, 7) is 7.56. The SMILES string of the molecule is BC(CCCC)(C(=O)O)C1CC(NCC(C)C)C1. The average Bonchev–Trinajstić information content (AvgIpc) is 2.23. The summed E-state index contributed by atoms with van der Waals surface area (Å²) >= 11 is 0. The number of carbonyl (C=O) groups is 1. The van der Waals surface area contributed by atoms with E-state index >= 15 is 0 Å². The molecule has 0 amide bonds. The smallest absolute Gasteiger partial charge is 0.301 e. The Hall–Kier alpha value is -0.505. The van der Waals surface area contributed by atoms with Gasteiger partial charge in [0, 0.05) is 11.4 Å². The molecule has 0 heterocycles. The molecular weight excluding hydrogens is 225 g/mol. The van der Waals surface area contributed by atoms with E-state index in [1.165, 1.54) is 0 Å². The molecule has 1 saturated carbocycles. The molecule has 1 rings (SSSR count). The van der Waals surface area contributed by atoms with Crippen LogP contribution in [0.5, 0.6) is 0 Å². The van der Waals surface area contributed by atoms with Gasteiger partial charge in [0.1, 0.15) is 7.85 Å². The third-order valence-corrected chi connectivity index (χ3v) is 4.39. The van der Waals surface area contributed by atoms with Gasteiger partial charge in [-0.25, -0.2) is 0 Å². The van der Waals surface area contributed by atoms with E-state index in [1.807, 2.05) is 7.85 Å². The number of nitrogens with one attached hydrogen (secondary N) is 1. The van der Waals surface area contributed by atoms with E-state index in [1.54, 1.807) is 0 Å². The molecule has 0 saturated heterocycles. The van der Waals surface area contributed by atoms with Crippen LogP contribution in [0.15, 0.2) is 0 Å². The van der Waals surface area contributed by atoms with Gasteiger partial charge in [0.2, 0.25) is 0 Å². The van der Waals surface area contributed by atoms with Crippen molar-refractivity contribution in [3.05, 3.63) is 0 Å². The molecule has 104 valence electrons. The maximum atomic E-state index is 11.5. The summed E-state index contributed by atoms with van der Waals surface area (Å²) in [5.74, 6) is 0.407.